The van der Waals surface area contributed by atoms with E-state index in [1.165, 1.54) is 5.01 Å². The first-order chi connectivity index (χ1) is 10.6. The first-order valence-electron chi connectivity index (χ1n) is 8.20. The van der Waals surface area contributed by atoms with E-state index in [0.29, 0.717) is 6.61 Å². The molecule has 1 fully saturated rings. The number of nitrogens with zero attached hydrogens (tertiary/aromatic N) is 3. The molecule has 22 heavy (non-hydrogen) atoms. The second-order valence-corrected chi connectivity index (χ2v) is 6.58. The molecule has 0 unspecified atom stereocenters. The van der Waals surface area contributed by atoms with Crippen LogP contribution in [-0.2, 0) is 22.5 Å². The van der Waals surface area contributed by atoms with Crippen molar-refractivity contribution in [3.8, 4) is 0 Å². The Labute approximate surface area is 137 Å². The first-order valence-corrected chi connectivity index (χ1v) is 9.08. The van der Waals surface area contributed by atoms with Gasteiger partial charge >= 0.3 is 0 Å². The lowest BCUT2D eigenvalue weighted by Gasteiger charge is -2.24. The molecule has 1 aliphatic heterocycles. The highest BCUT2D eigenvalue weighted by Gasteiger charge is 2.23. The van der Waals surface area contributed by atoms with E-state index >= 15 is 0 Å². The number of rotatable bonds is 6. The van der Waals surface area contributed by atoms with Gasteiger partial charge in [-0.1, -0.05) is 6.92 Å². The van der Waals surface area contributed by atoms with Crippen LogP contribution in [0.15, 0.2) is 5.38 Å². The summed E-state index contributed by atoms with van der Waals surface area (Å²) in [6.45, 7) is 10.9. The van der Waals surface area contributed by atoms with Crippen LogP contribution in [0.4, 0.5) is 0 Å². The lowest BCUT2D eigenvalue weighted by Crippen LogP contribution is -2.41. The van der Waals surface area contributed by atoms with Crippen molar-refractivity contribution in [3.05, 3.63) is 16.1 Å². The van der Waals surface area contributed by atoms with Crippen LogP contribution in [0, 0.1) is 0 Å². The molecule has 0 bridgehead atoms. The molecule has 1 aromatic rings. The van der Waals surface area contributed by atoms with Gasteiger partial charge in [-0.05, 0) is 26.7 Å². The van der Waals surface area contributed by atoms with E-state index < -0.39 is 0 Å². The number of hydrogen-bond donors (Lipinski definition) is 0. The maximum absolute atomic E-state index is 12.3. The molecule has 0 radical (unpaired) electrons. The molecule has 1 amide bonds. The van der Waals surface area contributed by atoms with Gasteiger partial charge < -0.3 is 9.64 Å². The Morgan fingerprint density at radius 1 is 1.36 bits per heavy atom. The van der Waals surface area contributed by atoms with Gasteiger partial charge in [0.05, 0.1) is 10.7 Å². The van der Waals surface area contributed by atoms with Crippen LogP contribution in [0.3, 0.4) is 0 Å². The predicted molar refractivity (Wildman–Crippen MR) is 89.1 cm³/mol. The minimum absolute atomic E-state index is 0.116. The molecular weight excluding hydrogens is 298 g/mol. The average molecular weight is 325 g/mol. The number of ether oxygens (including phenoxy) is 1. The molecule has 1 aliphatic rings. The highest BCUT2D eigenvalue weighted by atomic mass is 32.1. The molecule has 2 heterocycles. The summed E-state index contributed by atoms with van der Waals surface area (Å²) in [5, 5.41) is 3.36. The van der Waals surface area contributed by atoms with Gasteiger partial charge in [0.2, 0.25) is 0 Å². The fraction of sp³-hybridized carbons (Fsp3) is 0.750. The van der Waals surface area contributed by atoms with E-state index in [4.69, 9.17) is 4.74 Å². The van der Waals surface area contributed by atoms with Crippen molar-refractivity contribution in [2.24, 2.45) is 0 Å². The van der Waals surface area contributed by atoms with Crippen molar-refractivity contribution in [1.29, 1.82) is 0 Å². The van der Waals surface area contributed by atoms with E-state index in [9.17, 15) is 4.79 Å². The van der Waals surface area contributed by atoms with E-state index in [1.54, 1.807) is 11.3 Å². The van der Waals surface area contributed by atoms with Crippen molar-refractivity contribution < 1.29 is 9.53 Å². The molecule has 0 aromatic carbocycles. The van der Waals surface area contributed by atoms with Crippen molar-refractivity contribution in [2.45, 2.75) is 46.3 Å². The SMILES string of the molecule is CCO[C@H](C)C(=O)N1CCCN(Cc2csc(CC)n2)CC1. The highest BCUT2D eigenvalue weighted by molar-refractivity contribution is 7.09. The molecule has 0 saturated carbocycles. The summed E-state index contributed by atoms with van der Waals surface area (Å²) in [6, 6.07) is 0. The van der Waals surface area contributed by atoms with Crippen LogP contribution in [0.1, 0.15) is 37.9 Å². The summed E-state index contributed by atoms with van der Waals surface area (Å²) in [4.78, 5) is 21.3. The van der Waals surface area contributed by atoms with Crippen molar-refractivity contribution in [2.75, 3.05) is 32.8 Å². The zero-order chi connectivity index (χ0) is 15.9. The van der Waals surface area contributed by atoms with Crippen molar-refractivity contribution in [3.63, 3.8) is 0 Å². The van der Waals surface area contributed by atoms with Crippen LogP contribution < -0.4 is 0 Å². The second kappa shape index (κ2) is 8.60. The molecule has 5 nitrogen and oxygen atoms in total. The predicted octanol–water partition coefficient (Wildman–Crippen LogP) is 2.16. The molecule has 1 aromatic heterocycles. The molecular formula is C16H27N3O2S. The average Bonchev–Trinajstić information content (AvgIpc) is 2.84. The maximum atomic E-state index is 12.3. The third-order valence-corrected chi connectivity index (χ3v) is 4.99. The third kappa shape index (κ3) is 4.76. The minimum atomic E-state index is -0.331. The van der Waals surface area contributed by atoms with E-state index in [1.807, 2.05) is 18.7 Å². The normalized spacial score (nSPS) is 18.2. The molecule has 6 heteroatoms. The Kier molecular flexibility index (Phi) is 6.79. The fourth-order valence-corrected chi connectivity index (χ4v) is 3.48. The van der Waals surface area contributed by atoms with Crippen LogP contribution in [0.5, 0.6) is 0 Å². The van der Waals surface area contributed by atoms with Gasteiger partial charge in [-0.3, -0.25) is 9.69 Å². The Balaban J connectivity index is 1.85. The smallest absolute Gasteiger partial charge is 0.251 e. The van der Waals surface area contributed by atoms with Crippen LogP contribution >= 0.6 is 11.3 Å². The first kappa shape index (κ1) is 17.4. The topological polar surface area (TPSA) is 45.7 Å². The Bertz CT molecular complexity index is 478. The molecule has 2 rings (SSSR count). The number of aromatic nitrogens is 1. The van der Waals surface area contributed by atoms with Crippen molar-refractivity contribution in [1.82, 2.24) is 14.8 Å². The standard InChI is InChI=1S/C16H27N3O2S/c1-4-15-17-14(12-22-15)11-18-7-6-8-19(10-9-18)16(20)13(3)21-5-2/h12-13H,4-11H2,1-3H3/t13-/m1/s1. The summed E-state index contributed by atoms with van der Waals surface area (Å²) < 4.78 is 5.42. The summed E-state index contributed by atoms with van der Waals surface area (Å²) >= 11 is 1.74. The Morgan fingerprint density at radius 3 is 2.86 bits per heavy atom. The Morgan fingerprint density at radius 2 is 2.18 bits per heavy atom. The molecule has 1 saturated heterocycles. The third-order valence-electron chi connectivity index (χ3n) is 3.95. The summed E-state index contributed by atoms with van der Waals surface area (Å²) in [5.74, 6) is 0.116. The van der Waals surface area contributed by atoms with E-state index in [2.05, 4.69) is 22.2 Å². The number of amides is 1. The highest BCUT2D eigenvalue weighted by Crippen LogP contribution is 2.14. The van der Waals surface area contributed by atoms with E-state index in [-0.39, 0.29) is 12.0 Å². The monoisotopic (exact) mass is 325 g/mol. The van der Waals surface area contributed by atoms with Gasteiger partial charge in [-0.2, -0.15) is 0 Å². The number of aryl methyl sites for hydroxylation is 1. The van der Waals surface area contributed by atoms with Gasteiger partial charge in [0, 0.05) is 44.7 Å². The molecule has 0 aliphatic carbocycles. The van der Waals surface area contributed by atoms with Gasteiger partial charge in [-0.15, -0.1) is 11.3 Å². The zero-order valence-electron chi connectivity index (χ0n) is 13.9. The summed E-state index contributed by atoms with van der Waals surface area (Å²) in [5.41, 5.74) is 1.16. The van der Waals surface area contributed by atoms with Crippen LogP contribution in [0.25, 0.3) is 0 Å². The number of carbonyl (C=O) groups excluding carboxylic acids is 1. The molecule has 1 atom stereocenters. The summed E-state index contributed by atoms with van der Waals surface area (Å²) in [7, 11) is 0. The summed E-state index contributed by atoms with van der Waals surface area (Å²) in [6.07, 6.45) is 1.68. The number of thiazole rings is 1. The van der Waals surface area contributed by atoms with Crippen LogP contribution in [0.2, 0.25) is 0 Å². The lowest BCUT2D eigenvalue weighted by molar-refractivity contribution is -0.142. The quantitative estimate of drug-likeness (QED) is 0.804. The van der Waals surface area contributed by atoms with E-state index in [0.717, 1.165) is 51.3 Å². The fourth-order valence-electron chi connectivity index (χ4n) is 2.74. The maximum Gasteiger partial charge on any atom is 0.251 e. The number of carbonyl (C=O) groups is 1. The number of hydrogen-bond acceptors (Lipinski definition) is 5. The van der Waals surface area contributed by atoms with Gasteiger partial charge in [0.1, 0.15) is 6.10 Å². The lowest BCUT2D eigenvalue weighted by atomic mass is 10.3. The molecule has 124 valence electrons. The van der Waals surface area contributed by atoms with Gasteiger partial charge in [-0.25, -0.2) is 4.98 Å². The van der Waals surface area contributed by atoms with Crippen molar-refractivity contribution >= 4 is 17.2 Å². The largest absolute Gasteiger partial charge is 0.369 e. The molecule has 0 N–H and O–H groups in total. The van der Waals surface area contributed by atoms with Crippen LogP contribution in [-0.4, -0.2) is 59.6 Å². The van der Waals surface area contributed by atoms with Gasteiger partial charge in [0.25, 0.3) is 5.91 Å². The zero-order valence-corrected chi connectivity index (χ0v) is 14.7. The molecule has 0 spiro atoms. The second-order valence-electron chi connectivity index (χ2n) is 5.64. The Hall–Kier alpha value is -0.980. The van der Waals surface area contributed by atoms with Gasteiger partial charge in [0.15, 0.2) is 0 Å². The minimum Gasteiger partial charge on any atom is -0.369 e.